The van der Waals surface area contributed by atoms with Crippen LogP contribution in [0.2, 0.25) is 0 Å². The van der Waals surface area contributed by atoms with Gasteiger partial charge in [0.15, 0.2) is 6.29 Å². The second-order valence-electron chi connectivity index (χ2n) is 2.99. The summed E-state index contributed by atoms with van der Waals surface area (Å²) in [5.74, 6) is 0.0746. The Kier molecular flexibility index (Phi) is 2.18. The van der Waals surface area contributed by atoms with Crippen LogP contribution in [0, 0.1) is 20.8 Å². The summed E-state index contributed by atoms with van der Waals surface area (Å²) in [5.41, 5.74) is 3.34. The summed E-state index contributed by atoms with van der Waals surface area (Å²) in [6.07, 6.45) is 0.692. The van der Waals surface area contributed by atoms with Crippen LogP contribution in [0.1, 0.15) is 27.0 Å². The number of rotatable bonds is 1. The number of phenolic OH excluding ortho intramolecular Hbond substituents is 1. The van der Waals surface area contributed by atoms with Crippen molar-refractivity contribution in [3.05, 3.63) is 28.3 Å². The van der Waals surface area contributed by atoms with Crippen molar-refractivity contribution in [3.63, 3.8) is 0 Å². The van der Waals surface area contributed by atoms with Crippen molar-refractivity contribution in [2.75, 3.05) is 0 Å². The van der Waals surface area contributed by atoms with Gasteiger partial charge < -0.3 is 5.11 Å². The van der Waals surface area contributed by atoms with Gasteiger partial charge in [0.25, 0.3) is 0 Å². The first-order chi connectivity index (χ1) is 5.57. The van der Waals surface area contributed by atoms with E-state index in [1.807, 2.05) is 20.8 Å². The monoisotopic (exact) mass is 164 g/mol. The van der Waals surface area contributed by atoms with Crippen LogP contribution in [0.25, 0.3) is 0 Å². The number of aldehydes is 1. The van der Waals surface area contributed by atoms with Crippen molar-refractivity contribution in [1.82, 2.24) is 0 Å². The number of phenols is 1. The molecule has 0 saturated carbocycles. The van der Waals surface area contributed by atoms with Crippen LogP contribution in [0.5, 0.6) is 5.75 Å². The standard InChI is InChI=1S/C10H12O2/c1-6-4-10(12)9(5-11)8(3)7(6)2/h4-5,12H,1-3H3. The average molecular weight is 164 g/mol. The van der Waals surface area contributed by atoms with Gasteiger partial charge in [-0.05, 0) is 43.5 Å². The Morgan fingerprint density at radius 3 is 2.33 bits per heavy atom. The normalized spacial score (nSPS) is 9.92. The Balaban J connectivity index is 3.51. The van der Waals surface area contributed by atoms with Crippen molar-refractivity contribution < 1.29 is 9.90 Å². The minimum atomic E-state index is 0.0746. The Morgan fingerprint density at radius 1 is 1.25 bits per heavy atom. The lowest BCUT2D eigenvalue weighted by atomic mass is 9.99. The molecule has 0 unspecified atom stereocenters. The Morgan fingerprint density at radius 2 is 1.83 bits per heavy atom. The van der Waals surface area contributed by atoms with E-state index in [9.17, 15) is 9.90 Å². The van der Waals surface area contributed by atoms with E-state index >= 15 is 0 Å². The molecule has 1 aromatic rings. The number of hydrogen-bond donors (Lipinski definition) is 1. The van der Waals surface area contributed by atoms with Crippen molar-refractivity contribution in [1.29, 1.82) is 0 Å². The maximum atomic E-state index is 10.6. The number of carbonyl (C=O) groups excluding carboxylic acids is 1. The van der Waals surface area contributed by atoms with Gasteiger partial charge >= 0.3 is 0 Å². The minimum Gasteiger partial charge on any atom is -0.507 e. The third kappa shape index (κ3) is 1.20. The van der Waals surface area contributed by atoms with E-state index in [0.717, 1.165) is 16.7 Å². The first-order valence-electron chi connectivity index (χ1n) is 3.83. The lowest BCUT2D eigenvalue weighted by molar-refractivity contribution is 0.112. The molecule has 0 aliphatic heterocycles. The van der Waals surface area contributed by atoms with E-state index in [1.165, 1.54) is 0 Å². The average Bonchev–Trinajstić information content (AvgIpc) is 2.01. The third-order valence-corrected chi connectivity index (χ3v) is 2.31. The predicted octanol–water partition coefficient (Wildman–Crippen LogP) is 2.13. The van der Waals surface area contributed by atoms with E-state index in [0.29, 0.717) is 11.8 Å². The van der Waals surface area contributed by atoms with Crippen LogP contribution in [0.3, 0.4) is 0 Å². The molecular formula is C10H12O2. The van der Waals surface area contributed by atoms with E-state index in [-0.39, 0.29) is 5.75 Å². The number of hydrogen-bond acceptors (Lipinski definition) is 2. The highest BCUT2D eigenvalue weighted by Gasteiger charge is 2.08. The minimum absolute atomic E-state index is 0.0746. The Bertz CT molecular complexity index is 327. The van der Waals surface area contributed by atoms with Crippen LogP contribution < -0.4 is 0 Å². The highest BCUT2D eigenvalue weighted by atomic mass is 16.3. The summed E-state index contributed by atoms with van der Waals surface area (Å²) < 4.78 is 0. The molecule has 0 atom stereocenters. The fraction of sp³-hybridized carbons (Fsp3) is 0.300. The van der Waals surface area contributed by atoms with Crippen molar-refractivity contribution >= 4 is 6.29 Å². The summed E-state index contributed by atoms with van der Waals surface area (Å²) in [7, 11) is 0. The Hall–Kier alpha value is -1.31. The largest absolute Gasteiger partial charge is 0.507 e. The fourth-order valence-corrected chi connectivity index (χ4v) is 1.23. The van der Waals surface area contributed by atoms with Gasteiger partial charge in [-0.15, -0.1) is 0 Å². The van der Waals surface area contributed by atoms with Gasteiger partial charge in [0, 0.05) is 0 Å². The highest BCUT2D eigenvalue weighted by Crippen LogP contribution is 2.24. The first kappa shape index (κ1) is 8.78. The second kappa shape index (κ2) is 2.97. The molecule has 64 valence electrons. The van der Waals surface area contributed by atoms with Gasteiger partial charge in [-0.25, -0.2) is 0 Å². The topological polar surface area (TPSA) is 37.3 Å². The van der Waals surface area contributed by atoms with Gasteiger partial charge in [-0.3, -0.25) is 4.79 Å². The van der Waals surface area contributed by atoms with E-state index in [4.69, 9.17) is 0 Å². The molecule has 0 aliphatic rings. The molecule has 0 bridgehead atoms. The summed E-state index contributed by atoms with van der Waals surface area (Å²) in [6.45, 7) is 5.69. The van der Waals surface area contributed by atoms with Crippen LogP contribution in [0.15, 0.2) is 6.07 Å². The number of aromatic hydroxyl groups is 1. The molecule has 0 aromatic heterocycles. The van der Waals surface area contributed by atoms with Crippen LogP contribution in [-0.4, -0.2) is 11.4 Å². The fourth-order valence-electron chi connectivity index (χ4n) is 1.23. The van der Waals surface area contributed by atoms with Crippen LogP contribution in [0.4, 0.5) is 0 Å². The maximum Gasteiger partial charge on any atom is 0.154 e. The molecule has 0 fully saturated rings. The maximum absolute atomic E-state index is 10.6. The molecule has 0 saturated heterocycles. The van der Waals surface area contributed by atoms with Gasteiger partial charge in [-0.1, -0.05) is 0 Å². The zero-order chi connectivity index (χ0) is 9.30. The number of benzene rings is 1. The molecule has 0 spiro atoms. The molecule has 0 aliphatic carbocycles. The Labute approximate surface area is 71.8 Å². The van der Waals surface area contributed by atoms with E-state index in [1.54, 1.807) is 6.07 Å². The molecule has 1 rings (SSSR count). The lowest BCUT2D eigenvalue weighted by Crippen LogP contribution is -1.93. The predicted molar refractivity (Wildman–Crippen MR) is 47.7 cm³/mol. The number of carbonyl (C=O) groups is 1. The molecular weight excluding hydrogens is 152 g/mol. The summed E-state index contributed by atoms with van der Waals surface area (Å²) in [4.78, 5) is 10.6. The zero-order valence-electron chi connectivity index (χ0n) is 7.51. The number of aryl methyl sites for hydroxylation is 1. The molecule has 1 aromatic carbocycles. The van der Waals surface area contributed by atoms with E-state index < -0.39 is 0 Å². The molecule has 0 radical (unpaired) electrons. The molecule has 0 heterocycles. The third-order valence-electron chi connectivity index (χ3n) is 2.31. The van der Waals surface area contributed by atoms with Gasteiger partial charge in [0.05, 0.1) is 5.56 Å². The van der Waals surface area contributed by atoms with Gasteiger partial charge in [0.1, 0.15) is 5.75 Å². The molecule has 12 heavy (non-hydrogen) atoms. The first-order valence-corrected chi connectivity index (χ1v) is 3.83. The smallest absolute Gasteiger partial charge is 0.154 e. The quantitative estimate of drug-likeness (QED) is 0.645. The van der Waals surface area contributed by atoms with Gasteiger partial charge in [0.2, 0.25) is 0 Å². The second-order valence-corrected chi connectivity index (χ2v) is 2.99. The molecule has 0 amide bonds. The van der Waals surface area contributed by atoms with Gasteiger partial charge in [-0.2, -0.15) is 0 Å². The highest BCUT2D eigenvalue weighted by molar-refractivity contribution is 5.82. The van der Waals surface area contributed by atoms with Crippen LogP contribution in [-0.2, 0) is 0 Å². The van der Waals surface area contributed by atoms with Crippen molar-refractivity contribution in [2.45, 2.75) is 20.8 Å². The van der Waals surface area contributed by atoms with Crippen LogP contribution >= 0.6 is 0 Å². The van der Waals surface area contributed by atoms with Crippen molar-refractivity contribution in [3.8, 4) is 5.75 Å². The lowest BCUT2D eigenvalue weighted by Gasteiger charge is -2.08. The summed E-state index contributed by atoms with van der Waals surface area (Å²) in [6, 6.07) is 1.62. The van der Waals surface area contributed by atoms with E-state index in [2.05, 4.69) is 0 Å². The summed E-state index contributed by atoms with van der Waals surface area (Å²) in [5, 5.41) is 9.37. The molecule has 2 nitrogen and oxygen atoms in total. The molecule has 1 N–H and O–H groups in total. The van der Waals surface area contributed by atoms with Crippen molar-refractivity contribution in [2.24, 2.45) is 0 Å². The molecule has 2 heteroatoms. The zero-order valence-corrected chi connectivity index (χ0v) is 7.51. The summed E-state index contributed by atoms with van der Waals surface area (Å²) >= 11 is 0. The SMILES string of the molecule is Cc1cc(O)c(C=O)c(C)c1C.